The van der Waals surface area contributed by atoms with Crippen LogP contribution in [0.1, 0.15) is 47.2 Å². The number of halogens is 2. The van der Waals surface area contributed by atoms with Gasteiger partial charge in [-0.2, -0.15) is 0 Å². The number of carboxylic acids is 1. The smallest absolute Gasteiger partial charge is 0.307 e. The third-order valence-electron chi connectivity index (χ3n) is 6.15. The standard InChI is InChI=1S/C26H28Cl2O5/c1-32-17-26(12-14-33-15-13-26)20-10-8-18(9-11-20)4-2-5-19(25(30)31)16-23(29)24-21(27)6-3-7-22(24)28/h2-4,6-11,19H,5,12-17H2,1H3,(H,30,31)/b4-2+. The van der Waals surface area contributed by atoms with Gasteiger partial charge in [0, 0.05) is 32.2 Å². The summed E-state index contributed by atoms with van der Waals surface area (Å²) in [6.45, 7) is 2.09. The van der Waals surface area contributed by atoms with Crippen LogP contribution in [0.5, 0.6) is 0 Å². The number of hydrogen-bond donors (Lipinski definition) is 1. The summed E-state index contributed by atoms with van der Waals surface area (Å²) >= 11 is 12.2. The molecule has 1 fully saturated rings. The van der Waals surface area contributed by atoms with Gasteiger partial charge in [-0.1, -0.05) is 65.7 Å². The number of Topliss-reactive ketones (excluding diaryl/α,β-unsaturated/α-hetero) is 1. The molecule has 1 unspecified atom stereocenters. The molecule has 1 N–H and O–H groups in total. The van der Waals surface area contributed by atoms with E-state index in [4.69, 9.17) is 32.7 Å². The number of carboxylic acid groups (broad SMARTS) is 1. The Morgan fingerprint density at radius 2 is 1.76 bits per heavy atom. The third kappa shape index (κ3) is 6.45. The molecule has 0 amide bonds. The van der Waals surface area contributed by atoms with Gasteiger partial charge < -0.3 is 14.6 Å². The van der Waals surface area contributed by atoms with Crippen LogP contribution < -0.4 is 0 Å². The van der Waals surface area contributed by atoms with Crippen LogP contribution in [0, 0.1) is 5.92 Å². The summed E-state index contributed by atoms with van der Waals surface area (Å²) in [4.78, 5) is 24.4. The van der Waals surface area contributed by atoms with Crippen molar-refractivity contribution < 1.29 is 24.2 Å². The molecule has 0 aromatic heterocycles. The van der Waals surface area contributed by atoms with Crippen molar-refractivity contribution >= 4 is 41.0 Å². The number of rotatable bonds is 10. The maximum atomic E-state index is 12.6. The van der Waals surface area contributed by atoms with Gasteiger partial charge in [-0.3, -0.25) is 9.59 Å². The van der Waals surface area contributed by atoms with Crippen molar-refractivity contribution in [2.24, 2.45) is 5.92 Å². The van der Waals surface area contributed by atoms with Crippen LogP contribution in [-0.2, 0) is 19.7 Å². The first-order valence-electron chi connectivity index (χ1n) is 10.9. The van der Waals surface area contributed by atoms with E-state index in [1.807, 2.05) is 18.2 Å². The zero-order valence-electron chi connectivity index (χ0n) is 18.6. The highest BCUT2D eigenvalue weighted by atomic mass is 35.5. The Morgan fingerprint density at radius 1 is 1.12 bits per heavy atom. The van der Waals surface area contributed by atoms with Gasteiger partial charge in [0.25, 0.3) is 0 Å². The van der Waals surface area contributed by atoms with E-state index in [0.717, 1.165) is 31.6 Å². The second-order valence-corrected chi connectivity index (χ2v) is 9.16. The fourth-order valence-corrected chi connectivity index (χ4v) is 4.84. The molecule has 2 aromatic rings. The van der Waals surface area contributed by atoms with Crippen LogP contribution in [0.25, 0.3) is 6.08 Å². The predicted molar refractivity (Wildman–Crippen MR) is 130 cm³/mol. The van der Waals surface area contributed by atoms with Crippen molar-refractivity contribution in [3.63, 3.8) is 0 Å². The molecule has 7 heteroatoms. The average Bonchev–Trinajstić information content (AvgIpc) is 2.79. The van der Waals surface area contributed by atoms with Crippen molar-refractivity contribution in [3.8, 4) is 0 Å². The molecule has 2 aromatic carbocycles. The molecular weight excluding hydrogens is 463 g/mol. The van der Waals surface area contributed by atoms with Gasteiger partial charge >= 0.3 is 5.97 Å². The number of hydrogen-bond acceptors (Lipinski definition) is 4. The van der Waals surface area contributed by atoms with Gasteiger partial charge in [0.05, 0.1) is 28.1 Å². The third-order valence-corrected chi connectivity index (χ3v) is 6.78. The molecule has 5 nitrogen and oxygen atoms in total. The van der Waals surface area contributed by atoms with Crippen LogP contribution in [-0.4, -0.2) is 43.8 Å². The maximum absolute atomic E-state index is 12.6. The van der Waals surface area contributed by atoms with E-state index in [-0.39, 0.29) is 39.6 Å². The minimum atomic E-state index is -1.03. The van der Waals surface area contributed by atoms with Gasteiger partial charge in [-0.15, -0.1) is 0 Å². The van der Waals surface area contributed by atoms with E-state index in [1.54, 1.807) is 31.4 Å². The van der Waals surface area contributed by atoms with Crippen LogP contribution in [0.3, 0.4) is 0 Å². The normalized spacial score (nSPS) is 16.6. The second-order valence-electron chi connectivity index (χ2n) is 8.34. The molecule has 1 aliphatic rings. The molecule has 1 heterocycles. The number of ether oxygens (including phenoxy) is 2. The first kappa shape index (κ1) is 25.4. The van der Waals surface area contributed by atoms with Gasteiger partial charge in [0.2, 0.25) is 0 Å². The summed E-state index contributed by atoms with van der Waals surface area (Å²) in [7, 11) is 1.72. The molecule has 3 rings (SSSR count). The Balaban J connectivity index is 1.66. The van der Waals surface area contributed by atoms with E-state index < -0.39 is 11.9 Å². The van der Waals surface area contributed by atoms with Gasteiger partial charge in [0.1, 0.15) is 0 Å². The summed E-state index contributed by atoms with van der Waals surface area (Å²) in [6.07, 6.45) is 5.54. The fourth-order valence-electron chi connectivity index (χ4n) is 4.23. The van der Waals surface area contributed by atoms with Crippen molar-refractivity contribution in [1.82, 2.24) is 0 Å². The highest BCUT2D eigenvalue weighted by molar-refractivity contribution is 6.39. The molecule has 176 valence electrons. The van der Waals surface area contributed by atoms with Crippen LogP contribution in [0.15, 0.2) is 48.5 Å². The number of carbonyl (C=O) groups excluding carboxylic acids is 1. The van der Waals surface area contributed by atoms with E-state index in [1.165, 1.54) is 5.56 Å². The minimum Gasteiger partial charge on any atom is -0.481 e. The number of ketones is 1. The molecule has 0 spiro atoms. The van der Waals surface area contributed by atoms with Crippen molar-refractivity contribution in [2.45, 2.75) is 31.1 Å². The van der Waals surface area contributed by atoms with Gasteiger partial charge in [-0.05, 0) is 42.5 Å². The molecule has 1 saturated heterocycles. The Hall–Kier alpha value is -2.18. The number of allylic oxidation sites excluding steroid dienone is 1. The SMILES string of the molecule is COCC1(c2ccc(/C=C/CC(CC(=O)c3c(Cl)cccc3Cl)C(=O)O)cc2)CCOCC1. The largest absolute Gasteiger partial charge is 0.481 e. The zero-order valence-corrected chi connectivity index (χ0v) is 20.1. The van der Waals surface area contributed by atoms with Crippen LogP contribution in [0.2, 0.25) is 10.0 Å². The Bertz CT molecular complexity index is 968. The predicted octanol–water partition coefficient (Wildman–Crippen LogP) is 6.07. The molecule has 33 heavy (non-hydrogen) atoms. The number of methoxy groups -OCH3 is 1. The number of benzene rings is 2. The zero-order chi connectivity index (χ0) is 23.8. The quantitative estimate of drug-likeness (QED) is 0.409. The molecule has 0 bridgehead atoms. The Morgan fingerprint density at radius 3 is 2.33 bits per heavy atom. The lowest BCUT2D eigenvalue weighted by molar-refractivity contribution is -0.141. The average molecular weight is 491 g/mol. The second kappa shape index (κ2) is 11.8. The van der Waals surface area contributed by atoms with Crippen LogP contribution in [0.4, 0.5) is 0 Å². The van der Waals surface area contributed by atoms with E-state index in [0.29, 0.717) is 6.61 Å². The summed E-state index contributed by atoms with van der Waals surface area (Å²) in [5, 5.41) is 10.0. The Labute approximate surface area is 204 Å². The summed E-state index contributed by atoms with van der Waals surface area (Å²) in [5.74, 6) is -2.28. The van der Waals surface area contributed by atoms with Gasteiger partial charge in [-0.25, -0.2) is 0 Å². The number of aliphatic carboxylic acids is 1. The first-order valence-corrected chi connectivity index (χ1v) is 11.7. The van der Waals surface area contributed by atoms with E-state index >= 15 is 0 Å². The van der Waals surface area contributed by atoms with E-state index in [2.05, 4.69) is 12.1 Å². The summed E-state index contributed by atoms with van der Waals surface area (Å²) < 4.78 is 11.0. The lowest BCUT2D eigenvalue weighted by Crippen LogP contribution is -2.37. The molecule has 1 aliphatic heterocycles. The molecule has 0 radical (unpaired) electrons. The summed E-state index contributed by atoms with van der Waals surface area (Å²) in [5.41, 5.74) is 2.31. The summed E-state index contributed by atoms with van der Waals surface area (Å²) in [6, 6.07) is 13.0. The molecular formula is C26H28Cl2O5. The minimum absolute atomic E-state index is 0.0377. The molecule has 0 saturated carbocycles. The fraction of sp³-hybridized carbons (Fsp3) is 0.385. The number of carbonyl (C=O) groups is 2. The molecule has 0 aliphatic carbocycles. The lowest BCUT2D eigenvalue weighted by atomic mass is 9.74. The highest BCUT2D eigenvalue weighted by Gasteiger charge is 2.34. The highest BCUT2D eigenvalue weighted by Crippen LogP contribution is 2.35. The van der Waals surface area contributed by atoms with Crippen LogP contribution >= 0.6 is 23.2 Å². The lowest BCUT2D eigenvalue weighted by Gasteiger charge is -2.37. The molecule has 1 atom stereocenters. The monoisotopic (exact) mass is 490 g/mol. The topological polar surface area (TPSA) is 72.8 Å². The maximum Gasteiger partial charge on any atom is 0.307 e. The van der Waals surface area contributed by atoms with Crippen molar-refractivity contribution in [1.29, 1.82) is 0 Å². The van der Waals surface area contributed by atoms with Crippen molar-refractivity contribution in [3.05, 3.63) is 75.3 Å². The van der Waals surface area contributed by atoms with E-state index in [9.17, 15) is 14.7 Å². The first-order chi connectivity index (χ1) is 15.9. The van der Waals surface area contributed by atoms with Gasteiger partial charge in [0.15, 0.2) is 5.78 Å². The Kier molecular flexibility index (Phi) is 9.10. The van der Waals surface area contributed by atoms with Crippen molar-refractivity contribution in [2.75, 3.05) is 26.9 Å².